The molecule has 21 heavy (non-hydrogen) atoms. The first kappa shape index (κ1) is 18.4. The SMILES string of the molecule is CCCN(CCC)S(=O)(=O)N1CCCC(C)(C)C1C(=O)O. The summed E-state index contributed by atoms with van der Waals surface area (Å²) in [6.07, 6.45) is 2.85. The first-order chi connectivity index (χ1) is 9.68. The lowest BCUT2D eigenvalue weighted by Gasteiger charge is -2.44. The Kier molecular flexibility index (Phi) is 6.19. The van der Waals surface area contributed by atoms with E-state index in [4.69, 9.17) is 0 Å². The van der Waals surface area contributed by atoms with Crippen LogP contribution in [-0.4, -0.2) is 53.8 Å². The quantitative estimate of drug-likeness (QED) is 0.777. The van der Waals surface area contributed by atoms with E-state index in [0.29, 0.717) is 32.4 Å². The molecule has 0 aromatic heterocycles. The highest BCUT2D eigenvalue weighted by molar-refractivity contribution is 7.86. The normalized spacial score (nSPS) is 23.4. The highest BCUT2D eigenvalue weighted by atomic mass is 32.2. The zero-order valence-electron chi connectivity index (χ0n) is 13.5. The van der Waals surface area contributed by atoms with Gasteiger partial charge in [-0.2, -0.15) is 17.0 Å². The lowest BCUT2D eigenvalue weighted by atomic mass is 9.77. The molecule has 0 aromatic rings. The van der Waals surface area contributed by atoms with Gasteiger partial charge in [-0.1, -0.05) is 27.7 Å². The van der Waals surface area contributed by atoms with Gasteiger partial charge in [0.15, 0.2) is 0 Å². The topological polar surface area (TPSA) is 77.9 Å². The van der Waals surface area contributed by atoms with E-state index in [9.17, 15) is 18.3 Å². The number of piperidine rings is 1. The summed E-state index contributed by atoms with van der Waals surface area (Å²) in [5.74, 6) is -1.06. The van der Waals surface area contributed by atoms with Crippen molar-refractivity contribution in [1.82, 2.24) is 8.61 Å². The van der Waals surface area contributed by atoms with Crippen LogP contribution in [0.15, 0.2) is 0 Å². The molecule has 0 aromatic carbocycles. The molecule has 0 radical (unpaired) electrons. The third-order valence-electron chi connectivity index (χ3n) is 4.03. The van der Waals surface area contributed by atoms with Crippen LogP contribution in [0.25, 0.3) is 0 Å². The van der Waals surface area contributed by atoms with Gasteiger partial charge in [-0.25, -0.2) is 0 Å². The molecule has 6 nitrogen and oxygen atoms in total. The molecule has 1 aliphatic rings. The van der Waals surface area contributed by atoms with Crippen molar-refractivity contribution < 1.29 is 18.3 Å². The second-order valence-corrected chi connectivity index (χ2v) is 8.23. The fourth-order valence-electron chi connectivity index (χ4n) is 3.04. The Bertz CT molecular complexity index is 456. The summed E-state index contributed by atoms with van der Waals surface area (Å²) in [4.78, 5) is 11.6. The van der Waals surface area contributed by atoms with Gasteiger partial charge < -0.3 is 5.11 Å². The van der Waals surface area contributed by atoms with Gasteiger partial charge in [0.05, 0.1) is 0 Å². The van der Waals surface area contributed by atoms with E-state index in [-0.39, 0.29) is 6.54 Å². The Labute approximate surface area is 128 Å². The van der Waals surface area contributed by atoms with Crippen LogP contribution in [0.5, 0.6) is 0 Å². The highest BCUT2D eigenvalue weighted by Crippen LogP contribution is 2.37. The minimum Gasteiger partial charge on any atom is -0.480 e. The fraction of sp³-hybridized carbons (Fsp3) is 0.929. The molecular formula is C14H28N2O4S. The molecule has 0 bridgehead atoms. The van der Waals surface area contributed by atoms with Gasteiger partial charge in [0, 0.05) is 19.6 Å². The average molecular weight is 320 g/mol. The smallest absolute Gasteiger partial charge is 0.322 e. The summed E-state index contributed by atoms with van der Waals surface area (Å²) in [7, 11) is -3.73. The first-order valence-electron chi connectivity index (χ1n) is 7.68. The van der Waals surface area contributed by atoms with Crippen LogP contribution in [0.4, 0.5) is 0 Å². The minimum absolute atomic E-state index is 0.284. The summed E-state index contributed by atoms with van der Waals surface area (Å²) in [6.45, 7) is 8.65. The minimum atomic E-state index is -3.73. The molecule has 0 aliphatic carbocycles. The number of nitrogens with zero attached hydrogens (tertiary/aromatic N) is 2. The fourth-order valence-corrected chi connectivity index (χ4v) is 5.17. The molecule has 1 fully saturated rings. The van der Waals surface area contributed by atoms with Crippen molar-refractivity contribution in [2.24, 2.45) is 5.41 Å². The number of rotatable bonds is 7. The van der Waals surface area contributed by atoms with Crippen LogP contribution in [0.2, 0.25) is 0 Å². The van der Waals surface area contributed by atoms with Crippen molar-refractivity contribution in [2.75, 3.05) is 19.6 Å². The molecule has 1 aliphatic heterocycles. The summed E-state index contributed by atoms with van der Waals surface area (Å²) in [5.41, 5.74) is -0.554. The maximum atomic E-state index is 12.9. The molecule has 1 heterocycles. The number of hydrogen-bond acceptors (Lipinski definition) is 3. The Hall–Kier alpha value is -0.660. The van der Waals surface area contributed by atoms with Crippen LogP contribution in [-0.2, 0) is 15.0 Å². The Balaban J connectivity index is 3.16. The van der Waals surface area contributed by atoms with Crippen LogP contribution >= 0.6 is 0 Å². The van der Waals surface area contributed by atoms with Crippen LogP contribution in [0, 0.1) is 5.41 Å². The van der Waals surface area contributed by atoms with E-state index in [2.05, 4.69) is 0 Å². The zero-order chi connectivity index (χ0) is 16.3. The van der Waals surface area contributed by atoms with E-state index in [0.717, 1.165) is 6.42 Å². The first-order valence-corrected chi connectivity index (χ1v) is 9.08. The van der Waals surface area contributed by atoms with Gasteiger partial charge in [0.2, 0.25) is 0 Å². The monoisotopic (exact) mass is 320 g/mol. The highest BCUT2D eigenvalue weighted by Gasteiger charge is 2.48. The zero-order valence-corrected chi connectivity index (χ0v) is 14.3. The number of carbonyl (C=O) groups is 1. The summed E-state index contributed by atoms with van der Waals surface area (Å²) < 4.78 is 28.3. The van der Waals surface area contributed by atoms with Gasteiger partial charge in [-0.15, -0.1) is 0 Å². The molecule has 0 amide bonds. The van der Waals surface area contributed by atoms with E-state index in [1.807, 2.05) is 27.7 Å². The van der Waals surface area contributed by atoms with Crippen LogP contribution < -0.4 is 0 Å². The molecule has 1 atom stereocenters. The molecular weight excluding hydrogens is 292 g/mol. The maximum Gasteiger partial charge on any atom is 0.322 e. The van der Waals surface area contributed by atoms with Crippen molar-refractivity contribution in [3.8, 4) is 0 Å². The number of carboxylic acids is 1. The summed E-state index contributed by atoms with van der Waals surface area (Å²) >= 11 is 0. The summed E-state index contributed by atoms with van der Waals surface area (Å²) in [5, 5.41) is 9.52. The van der Waals surface area contributed by atoms with Gasteiger partial charge in [-0.3, -0.25) is 4.79 Å². The number of carboxylic acid groups (broad SMARTS) is 1. The Morgan fingerprint density at radius 1 is 1.29 bits per heavy atom. The average Bonchev–Trinajstić information content (AvgIpc) is 2.36. The number of hydrogen-bond donors (Lipinski definition) is 1. The molecule has 7 heteroatoms. The molecule has 1 saturated heterocycles. The largest absolute Gasteiger partial charge is 0.480 e. The lowest BCUT2D eigenvalue weighted by molar-refractivity contribution is -0.147. The van der Waals surface area contributed by atoms with E-state index < -0.39 is 27.6 Å². The van der Waals surface area contributed by atoms with Gasteiger partial charge in [0.25, 0.3) is 10.2 Å². The predicted molar refractivity (Wildman–Crippen MR) is 82.2 cm³/mol. The van der Waals surface area contributed by atoms with Crippen molar-refractivity contribution in [3.63, 3.8) is 0 Å². The van der Waals surface area contributed by atoms with E-state index in [1.54, 1.807) is 0 Å². The van der Waals surface area contributed by atoms with Crippen LogP contribution in [0.1, 0.15) is 53.4 Å². The molecule has 0 spiro atoms. The number of aliphatic carboxylic acids is 1. The molecule has 1 unspecified atom stereocenters. The van der Waals surface area contributed by atoms with Gasteiger partial charge >= 0.3 is 5.97 Å². The standard InChI is InChI=1S/C14H28N2O4S/c1-5-9-15(10-6-2)21(19,20)16-11-7-8-14(3,4)12(16)13(17)18/h12H,5-11H2,1-4H3,(H,17,18). The van der Waals surface area contributed by atoms with Crippen molar-refractivity contribution in [3.05, 3.63) is 0 Å². The Morgan fingerprint density at radius 2 is 1.81 bits per heavy atom. The van der Waals surface area contributed by atoms with Gasteiger partial charge in [-0.05, 0) is 31.1 Å². The van der Waals surface area contributed by atoms with Crippen molar-refractivity contribution in [1.29, 1.82) is 0 Å². The molecule has 1 N–H and O–H groups in total. The predicted octanol–water partition coefficient (Wildman–Crippen LogP) is 1.93. The van der Waals surface area contributed by atoms with Crippen molar-refractivity contribution >= 4 is 16.2 Å². The third kappa shape index (κ3) is 3.96. The third-order valence-corrected chi connectivity index (χ3v) is 6.03. The lowest BCUT2D eigenvalue weighted by Crippen LogP contribution is -2.59. The summed E-state index contributed by atoms with van der Waals surface area (Å²) in [6, 6.07) is -0.993. The second kappa shape index (κ2) is 7.07. The van der Waals surface area contributed by atoms with E-state index in [1.165, 1.54) is 8.61 Å². The van der Waals surface area contributed by atoms with Crippen LogP contribution in [0.3, 0.4) is 0 Å². The Morgan fingerprint density at radius 3 is 2.24 bits per heavy atom. The van der Waals surface area contributed by atoms with Gasteiger partial charge in [0.1, 0.15) is 6.04 Å². The van der Waals surface area contributed by atoms with E-state index >= 15 is 0 Å². The molecule has 0 saturated carbocycles. The second-order valence-electron chi connectivity index (χ2n) is 6.35. The van der Waals surface area contributed by atoms with Crippen molar-refractivity contribution in [2.45, 2.75) is 59.4 Å². The molecule has 1 rings (SSSR count). The maximum absolute atomic E-state index is 12.9. The molecule has 124 valence electrons.